The van der Waals surface area contributed by atoms with Gasteiger partial charge in [0.15, 0.2) is 0 Å². The molecule has 0 radical (unpaired) electrons. The van der Waals surface area contributed by atoms with Gasteiger partial charge in [0, 0.05) is 74.4 Å². The highest BCUT2D eigenvalue weighted by Gasteiger charge is 2.31. The van der Waals surface area contributed by atoms with Crippen molar-refractivity contribution >= 4 is 74.8 Å². The van der Waals surface area contributed by atoms with Crippen molar-refractivity contribution in [3.05, 3.63) is 80.6 Å². The lowest BCUT2D eigenvalue weighted by Gasteiger charge is -2.34. The summed E-state index contributed by atoms with van der Waals surface area (Å²) in [6.45, 7) is 15.5. The van der Waals surface area contributed by atoms with Crippen LogP contribution in [-0.2, 0) is 32.6 Å². The van der Waals surface area contributed by atoms with Gasteiger partial charge in [-0.2, -0.15) is 5.10 Å². The number of nitrogens with two attached hydrogens (primary N) is 2. The molecule has 1 saturated heterocycles. The number of fused-ring (bicyclic) bond motifs is 2. The second-order valence-electron chi connectivity index (χ2n) is 16.3. The molecule has 0 unspecified atom stereocenters. The van der Waals surface area contributed by atoms with Crippen molar-refractivity contribution in [3.63, 3.8) is 0 Å². The van der Waals surface area contributed by atoms with E-state index in [1.54, 1.807) is 24.3 Å². The molecule has 17 nitrogen and oxygen atoms in total. The van der Waals surface area contributed by atoms with E-state index < -0.39 is 11.8 Å². The first-order valence-electron chi connectivity index (χ1n) is 22.0. The summed E-state index contributed by atoms with van der Waals surface area (Å²) < 4.78 is 12.5. The van der Waals surface area contributed by atoms with Crippen molar-refractivity contribution in [2.45, 2.75) is 90.5 Å². The Morgan fingerprint density at radius 3 is 2.22 bits per heavy atom. The van der Waals surface area contributed by atoms with Crippen molar-refractivity contribution in [1.29, 1.82) is 0 Å². The fourth-order valence-electron chi connectivity index (χ4n) is 8.45. The van der Waals surface area contributed by atoms with E-state index in [4.69, 9.17) is 26.2 Å². The molecule has 3 amide bonds. The number of anilines is 2. The number of thiazole rings is 1. The van der Waals surface area contributed by atoms with Crippen LogP contribution in [0.3, 0.4) is 0 Å². The summed E-state index contributed by atoms with van der Waals surface area (Å²) in [6, 6.07) is 9.67. The van der Waals surface area contributed by atoms with Crippen LogP contribution in [0.25, 0.3) is 22.1 Å². The minimum atomic E-state index is -0.565. The van der Waals surface area contributed by atoms with Crippen molar-refractivity contribution in [2.75, 3.05) is 56.2 Å². The topological polar surface area (TPSA) is 209 Å². The number of primary amides is 2. The smallest absolute Gasteiger partial charge is 0.269 e. The molecule has 6 aromatic rings. The molecule has 19 heteroatoms. The van der Waals surface area contributed by atoms with Gasteiger partial charge >= 0.3 is 0 Å². The Balaban J connectivity index is 1.10. The molecule has 2 fully saturated rings. The van der Waals surface area contributed by atoms with Gasteiger partial charge in [-0.05, 0) is 83.0 Å². The largest absolute Gasteiger partial charge is 0.491 e. The number of piperazine rings is 1. The zero-order valence-corrected chi connectivity index (χ0v) is 38.8. The molecule has 1 aliphatic heterocycles. The maximum atomic E-state index is 13.8. The van der Waals surface area contributed by atoms with Crippen LogP contribution < -0.4 is 26.8 Å². The number of ether oxygens (including phenoxy) is 1. The van der Waals surface area contributed by atoms with E-state index in [0.29, 0.717) is 77.3 Å². The first kappa shape index (κ1) is 44.8. The maximum absolute atomic E-state index is 13.8. The number of hydrogen-bond donors (Lipinski definition) is 4. The quantitative estimate of drug-likeness (QED) is 0.0406. The number of aryl methyl sites for hydroxylation is 4. The molecule has 64 heavy (non-hydrogen) atoms. The monoisotopic (exact) mass is 907 g/mol. The van der Waals surface area contributed by atoms with Crippen LogP contribution >= 0.6 is 23.1 Å². The number of imidazole rings is 2. The number of nitrogens with zero attached hydrogens (tertiary/aromatic N) is 9. The summed E-state index contributed by atoms with van der Waals surface area (Å²) >= 11 is 2.80. The fraction of sp³-hybridized carbons (Fsp3) is 0.444. The van der Waals surface area contributed by atoms with Gasteiger partial charge in [0.25, 0.3) is 5.91 Å². The van der Waals surface area contributed by atoms with Gasteiger partial charge in [-0.3, -0.25) is 29.3 Å². The van der Waals surface area contributed by atoms with Gasteiger partial charge in [-0.1, -0.05) is 19.1 Å². The number of allylic oxidation sites excluding steroid dienone is 2. The number of rotatable bonds is 20. The Morgan fingerprint density at radius 2 is 1.56 bits per heavy atom. The lowest BCUT2D eigenvalue weighted by molar-refractivity contribution is 0.0991. The summed E-state index contributed by atoms with van der Waals surface area (Å²) in [6.07, 6.45) is 10.0. The summed E-state index contributed by atoms with van der Waals surface area (Å²) in [5.41, 5.74) is 17.5. The molecule has 0 spiro atoms. The highest BCUT2D eigenvalue weighted by atomic mass is 32.2. The zero-order valence-electron chi connectivity index (χ0n) is 37.1. The van der Waals surface area contributed by atoms with E-state index in [1.165, 1.54) is 35.9 Å². The second kappa shape index (κ2) is 19.5. The molecular formula is C45H57N13O4S2. The predicted molar refractivity (Wildman–Crippen MR) is 253 cm³/mol. The van der Waals surface area contributed by atoms with Crippen molar-refractivity contribution < 1.29 is 19.1 Å². The average Bonchev–Trinajstić information content (AvgIpc) is 3.64. The lowest BCUT2D eigenvalue weighted by Crippen LogP contribution is -2.47. The van der Waals surface area contributed by atoms with Gasteiger partial charge in [0.2, 0.25) is 23.7 Å². The van der Waals surface area contributed by atoms with E-state index in [0.717, 1.165) is 89.7 Å². The molecule has 2 aliphatic rings. The van der Waals surface area contributed by atoms with Gasteiger partial charge < -0.3 is 35.6 Å². The number of amides is 3. The number of aromatic nitrogens is 7. The van der Waals surface area contributed by atoms with Crippen LogP contribution in [0.1, 0.15) is 85.6 Å². The zero-order chi connectivity index (χ0) is 45.1. The average molecular weight is 908 g/mol. The van der Waals surface area contributed by atoms with E-state index in [-0.39, 0.29) is 5.91 Å². The Hall–Kier alpha value is -5.76. The lowest BCUT2D eigenvalue weighted by atomic mass is 10.1. The van der Waals surface area contributed by atoms with Crippen LogP contribution in [0.5, 0.6) is 5.75 Å². The predicted octanol–water partition coefficient (Wildman–Crippen LogP) is 5.83. The minimum absolute atomic E-state index is 0.303. The van der Waals surface area contributed by atoms with E-state index >= 15 is 0 Å². The molecule has 1 aliphatic carbocycles. The Morgan fingerprint density at radius 1 is 0.891 bits per heavy atom. The molecular weight excluding hydrogens is 851 g/mol. The van der Waals surface area contributed by atoms with Crippen LogP contribution in [0.15, 0.2) is 47.4 Å². The fourth-order valence-corrected chi connectivity index (χ4v) is 10.0. The van der Waals surface area contributed by atoms with Crippen molar-refractivity contribution in [1.82, 2.24) is 43.7 Å². The molecule has 6 N–H and O–H groups in total. The molecule has 8 rings (SSSR count). The van der Waals surface area contributed by atoms with Crippen molar-refractivity contribution in [2.24, 2.45) is 11.5 Å². The van der Waals surface area contributed by atoms with Crippen LogP contribution in [0.2, 0.25) is 0 Å². The van der Waals surface area contributed by atoms with Crippen LogP contribution in [-0.4, -0.2) is 113 Å². The highest BCUT2D eigenvalue weighted by molar-refractivity contribution is 7.98. The Labute approximate surface area is 380 Å². The number of nitrogens with one attached hydrogen (secondary N) is 2. The molecule has 5 heterocycles. The van der Waals surface area contributed by atoms with Gasteiger partial charge in [0.05, 0.1) is 51.8 Å². The summed E-state index contributed by atoms with van der Waals surface area (Å²) in [7, 11) is 0. The number of benzene rings is 2. The van der Waals surface area contributed by atoms with Crippen molar-refractivity contribution in [3.8, 4) is 5.75 Å². The van der Waals surface area contributed by atoms with Gasteiger partial charge in [-0.25, -0.2) is 15.0 Å². The normalized spacial score (nSPS) is 14.9. The third-order valence-corrected chi connectivity index (χ3v) is 13.5. The standard InChI is InChI=1S/C45H57N13O4S2/c1-6-33-40(64-28(4)49-33)43(61)52-45-51-35-23-30(42(47)60)25-37(63-5)39(35)57(45)15-9-8-14-56-38-34(50-44(56)48-26-32-21-27(3)53-58(32)7-2)22-29(41(46)59)24-36(38)62-20-10-13-54-16-18-55(19-17-54)31-11-12-31/h8-9,21-25,31H,6-7,10-20,26H2,1-5H3,(H2,46,59)(H2,47,60)(H,48,50)(H,51,52,61)/b9-8+. The number of hydrogen-bond acceptors (Lipinski definition) is 13. The summed E-state index contributed by atoms with van der Waals surface area (Å²) in [5.74, 6) is 0.00186. The first-order valence-corrected chi connectivity index (χ1v) is 24.0. The number of carbonyl (C=O) groups excluding carboxylic acids is 3. The first-order chi connectivity index (χ1) is 30.9. The van der Waals surface area contributed by atoms with Gasteiger partial charge in [0.1, 0.15) is 16.1 Å². The van der Waals surface area contributed by atoms with E-state index in [1.807, 2.05) is 53.0 Å². The Bertz CT molecular complexity index is 2720. The maximum Gasteiger partial charge on any atom is 0.269 e. The molecule has 1 saturated carbocycles. The van der Waals surface area contributed by atoms with Crippen LogP contribution in [0.4, 0.5) is 11.9 Å². The highest BCUT2D eigenvalue weighted by Crippen LogP contribution is 2.34. The minimum Gasteiger partial charge on any atom is -0.491 e. The Kier molecular flexibility index (Phi) is 13.7. The van der Waals surface area contributed by atoms with E-state index in [9.17, 15) is 14.4 Å². The number of thioether (sulfide) groups is 1. The third kappa shape index (κ3) is 9.81. The van der Waals surface area contributed by atoms with Gasteiger partial charge in [-0.15, -0.1) is 23.1 Å². The summed E-state index contributed by atoms with van der Waals surface area (Å²) in [5, 5.41) is 12.0. The molecule has 0 atom stereocenters. The molecule has 338 valence electrons. The molecule has 4 aromatic heterocycles. The summed E-state index contributed by atoms with van der Waals surface area (Å²) in [4.78, 5) is 59.5. The third-order valence-electron chi connectivity index (χ3n) is 11.8. The van der Waals surface area contributed by atoms with E-state index in [2.05, 4.69) is 43.5 Å². The molecule has 0 bridgehead atoms. The SMILES string of the molecule is CCc1nc(C)sc1C(=O)Nc1nc2cc(C(N)=O)cc(SC)c2n1C/C=C/Cn1c(NCc2cc(C)nn2CC)nc2cc(C(N)=O)cc(OCCCN3CCN(C4CC4)CC3)c21. The van der Waals surface area contributed by atoms with Crippen LogP contribution in [0, 0.1) is 13.8 Å². The number of carbonyl (C=O) groups is 3. The second-order valence-corrected chi connectivity index (χ2v) is 18.3. The molecule has 2 aromatic carbocycles.